The normalized spacial score (nSPS) is 15.6. The molecule has 3 N–H and O–H groups in total. The van der Waals surface area contributed by atoms with Crippen LogP contribution >= 0.6 is 0 Å². The van der Waals surface area contributed by atoms with Crippen molar-refractivity contribution in [2.75, 3.05) is 13.6 Å². The Balaban J connectivity index is 4.37. The van der Waals surface area contributed by atoms with Gasteiger partial charge in [0.2, 0.25) is 5.91 Å². The molecule has 0 aliphatic heterocycles. The van der Waals surface area contributed by atoms with Gasteiger partial charge in [-0.15, -0.1) is 0 Å². The quantitative estimate of drug-likeness (QED) is 0.730. The lowest BCUT2D eigenvalue weighted by Crippen LogP contribution is -2.48. The highest BCUT2D eigenvalue weighted by Crippen LogP contribution is 2.11. The van der Waals surface area contributed by atoms with Crippen molar-refractivity contribution < 1.29 is 4.79 Å². The fraction of sp³-hybridized carbons (Fsp3) is 0.929. The van der Waals surface area contributed by atoms with Gasteiger partial charge in [-0.2, -0.15) is 0 Å². The first-order chi connectivity index (χ1) is 8.21. The predicted octanol–water partition coefficient (Wildman–Crippen LogP) is 1.74. The van der Waals surface area contributed by atoms with E-state index in [1.54, 1.807) is 0 Å². The van der Waals surface area contributed by atoms with Gasteiger partial charge in [0.05, 0.1) is 0 Å². The van der Waals surface area contributed by atoms with E-state index in [0.29, 0.717) is 19.0 Å². The van der Waals surface area contributed by atoms with Crippen LogP contribution < -0.4 is 11.1 Å². The Morgan fingerprint density at radius 1 is 1.39 bits per heavy atom. The molecule has 2 unspecified atom stereocenters. The van der Waals surface area contributed by atoms with Gasteiger partial charge in [0.15, 0.2) is 0 Å². The summed E-state index contributed by atoms with van der Waals surface area (Å²) >= 11 is 0. The highest BCUT2D eigenvalue weighted by molar-refractivity contribution is 5.77. The van der Waals surface area contributed by atoms with Crippen LogP contribution in [0, 0.1) is 0 Å². The van der Waals surface area contributed by atoms with Gasteiger partial charge in [0.25, 0.3) is 0 Å². The third-order valence-electron chi connectivity index (χ3n) is 3.19. The monoisotopic (exact) mass is 257 g/mol. The molecule has 0 spiro atoms. The zero-order valence-electron chi connectivity index (χ0n) is 12.9. The molecule has 4 heteroatoms. The maximum atomic E-state index is 11.9. The van der Waals surface area contributed by atoms with E-state index in [-0.39, 0.29) is 17.5 Å². The third kappa shape index (κ3) is 6.97. The second kappa shape index (κ2) is 7.74. The lowest BCUT2D eigenvalue weighted by Gasteiger charge is -2.33. The molecule has 0 aromatic heterocycles. The first-order valence-electron chi connectivity index (χ1n) is 6.94. The second-order valence-electron chi connectivity index (χ2n) is 6.19. The largest absolute Gasteiger partial charge is 0.351 e. The summed E-state index contributed by atoms with van der Waals surface area (Å²) in [6, 6.07) is 0.583. The Morgan fingerprint density at radius 3 is 2.33 bits per heavy atom. The fourth-order valence-electron chi connectivity index (χ4n) is 2.06. The lowest BCUT2D eigenvalue weighted by molar-refractivity contribution is -0.123. The van der Waals surface area contributed by atoms with E-state index in [4.69, 9.17) is 5.73 Å². The van der Waals surface area contributed by atoms with Crippen molar-refractivity contribution >= 4 is 5.91 Å². The molecule has 0 aromatic rings. The lowest BCUT2D eigenvalue weighted by atomic mass is 10.1. The first kappa shape index (κ1) is 17.4. The van der Waals surface area contributed by atoms with E-state index in [2.05, 4.69) is 31.1 Å². The number of carbonyl (C=O) groups excluding carboxylic acids is 1. The summed E-state index contributed by atoms with van der Waals surface area (Å²) in [6.07, 6.45) is 2.75. The van der Waals surface area contributed by atoms with Crippen molar-refractivity contribution in [3.63, 3.8) is 0 Å². The average Bonchev–Trinajstić information content (AvgIpc) is 2.22. The molecular formula is C14H31N3O. The van der Waals surface area contributed by atoms with E-state index in [1.165, 1.54) is 0 Å². The highest BCUT2D eigenvalue weighted by atomic mass is 16.1. The van der Waals surface area contributed by atoms with Crippen LogP contribution in [0.25, 0.3) is 0 Å². The molecule has 2 atom stereocenters. The molecule has 0 saturated heterocycles. The van der Waals surface area contributed by atoms with Gasteiger partial charge < -0.3 is 11.1 Å². The summed E-state index contributed by atoms with van der Waals surface area (Å²) in [5.41, 5.74) is 5.62. The van der Waals surface area contributed by atoms with Crippen LogP contribution in [-0.4, -0.2) is 42.0 Å². The van der Waals surface area contributed by atoms with Crippen molar-refractivity contribution in [3.8, 4) is 0 Å². The van der Waals surface area contributed by atoms with Crippen molar-refractivity contribution in [1.82, 2.24) is 10.2 Å². The minimum Gasteiger partial charge on any atom is -0.351 e. The summed E-state index contributed by atoms with van der Waals surface area (Å²) in [5.74, 6) is 0.0773. The van der Waals surface area contributed by atoms with Crippen LogP contribution in [0.1, 0.15) is 53.9 Å². The number of nitrogens with two attached hydrogens (primary N) is 1. The number of likely N-dealkylation sites (N-methyl/N-ethyl adjacent to an activating group) is 1. The summed E-state index contributed by atoms with van der Waals surface area (Å²) in [6.45, 7) is 10.9. The van der Waals surface area contributed by atoms with Gasteiger partial charge in [-0.1, -0.05) is 13.3 Å². The van der Waals surface area contributed by atoms with Crippen molar-refractivity contribution in [2.24, 2.45) is 5.73 Å². The van der Waals surface area contributed by atoms with Gasteiger partial charge in [0, 0.05) is 30.6 Å². The van der Waals surface area contributed by atoms with Crippen LogP contribution in [0.5, 0.6) is 0 Å². The van der Waals surface area contributed by atoms with Crippen molar-refractivity contribution in [3.05, 3.63) is 0 Å². The third-order valence-corrected chi connectivity index (χ3v) is 3.19. The average molecular weight is 257 g/mol. The van der Waals surface area contributed by atoms with E-state index in [9.17, 15) is 4.79 Å². The molecule has 0 saturated carbocycles. The zero-order valence-corrected chi connectivity index (χ0v) is 12.9. The van der Waals surface area contributed by atoms with E-state index < -0.39 is 0 Å². The number of hydrogen-bond donors (Lipinski definition) is 2. The molecular weight excluding hydrogens is 226 g/mol. The number of hydrogen-bond acceptors (Lipinski definition) is 3. The van der Waals surface area contributed by atoms with Gasteiger partial charge in [0.1, 0.15) is 0 Å². The molecule has 0 heterocycles. The molecule has 0 rings (SSSR count). The van der Waals surface area contributed by atoms with Crippen LogP contribution in [0.2, 0.25) is 0 Å². The van der Waals surface area contributed by atoms with E-state index in [1.807, 2.05) is 20.8 Å². The summed E-state index contributed by atoms with van der Waals surface area (Å²) < 4.78 is 0. The molecule has 0 aliphatic rings. The van der Waals surface area contributed by atoms with Gasteiger partial charge >= 0.3 is 0 Å². The number of nitrogens with zero attached hydrogens (tertiary/aromatic N) is 1. The van der Waals surface area contributed by atoms with Crippen LogP contribution in [-0.2, 0) is 4.79 Å². The Morgan fingerprint density at radius 2 is 1.94 bits per heavy atom. The Bertz CT molecular complexity index is 248. The van der Waals surface area contributed by atoms with E-state index >= 15 is 0 Å². The molecule has 18 heavy (non-hydrogen) atoms. The Hall–Kier alpha value is -0.610. The maximum Gasteiger partial charge on any atom is 0.222 e. The predicted molar refractivity (Wildman–Crippen MR) is 77.5 cm³/mol. The number of carbonyl (C=O) groups is 1. The molecule has 108 valence electrons. The first-order valence-corrected chi connectivity index (χ1v) is 6.94. The van der Waals surface area contributed by atoms with Crippen molar-refractivity contribution in [1.29, 1.82) is 0 Å². The second-order valence-corrected chi connectivity index (χ2v) is 6.19. The van der Waals surface area contributed by atoms with Gasteiger partial charge in [-0.3, -0.25) is 9.69 Å². The fourth-order valence-corrected chi connectivity index (χ4v) is 2.06. The van der Waals surface area contributed by atoms with Crippen molar-refractivity contribution in [2.45, 2.75) is 71.5 Å². The molecule has 0 radical (unpaired) electrons. The minimum atomic E-state index is -0.177. The molecule has 0 bridgehead atoms. The molecule has 0 fully saturated rings. The Kier molecular flexibility index (Phi) is 7.48. The summed E-state index contributed by atoms with van der Waals surface area (Å²) in [4.78, 5) is 14.1. The number of amides is 1. The molecule has 1 amide bonds. The standard InChI is InChI=1S/C14H31N3O/c1-7-8-11(2)17(6)12(10-15)9-13(18)16-14(3,4)5/h11-12H,7-10,15H2,1-6H3,(H,16,18). The van der Waals surface area contributed by atoms with Crippen LogP contribution in [0.4, 0.5) is 0 Å². The van der Waals surface area contributed by atoms with E-state index in [0.717, 1.165) is 12.8 Å². The topological polar surface area (TPSA) is 58.4 Å². The smallest absolute Gasteiger partial charge is 0.222 e. The van der Waals surface area contributed by atoms with Gasteiger partial charge in [-0.05, 0) is 41.2 Å². The number of rotatable bonds is 7. The summed E-state index contributed by atoms with van der Waals surface area (Å²) in [5, 5.41) is 2.99. The van der Waals surface area contributed by atoms with Crippen LogP contribution in [0.3, 0.4) is 0 Å². The Labute approximate surface area is 112 Å². The SMILES string of the molecule is CCCC(C)N(C)C(CN)CC(=O)NC(C)(C)C. The van der Waals surface area contributed by atoms with Gasteiger partial charge in [-0.25, -0.2) is 0 Å². The number of nitrogens with one attached hydrogen (secondary N) is 1. The summed E-state index contributed by atoms with van der Waals surface area (Å²) in [7, 11) is 2.06. The highest BCUT2D eigenvalue weighted by Gasteiger charge is 2.22. The van der Waals surface area contributed by atoms with Crippen LogP contribution in [0.15, 0.2) is 0 Å². The minimum absolute atomic E-state index is 0.0773. The maximum absolute atomic E-state index is 11.9. The molecule has 0 aliphatic carbocycles. The zero-order chi connectivity index (χ0) is 14.3. The molecule has 4 nitrogen and oxygen atoms in total. The molecule has 0 aromatic carbocycles.